The van der Waals surface area contributed by atoms with Gasteiger partial charge in [0.1, 0.15) is 0 Å². The first kappa shape index (κ1) is 13.9. The monoisotopic (exact) mass is 252 g/mol. The summed E-state index contributed by atoms with van der Waals surface area (Å²) in [6.45, 7) is 13.1. The average Bonchev–Trinajstić information content (AvgIpc) is 2.69. The third-order valence-corrected chi connectivity index (χ3v) is 4.55. The Morgan fingerprint density at radius 3 is 2.47 bits per heavy atom. The molecule has 0 radical (unpaired) electrons. The van der Waals surface area contributed by atoms with Gasteiger partial charge in [-0.25, -0.2) is 0 Å². The summed E-state index contributed by atoms with van der Waals surface area (Å²) in [6, 6.07) is 8.81. The normalized spacial score (nSPS) is 22.4. The predicted molar refractivity (Wildman–Crippen MR) is 85.2 cm³/mol. The van der Waals surface area contributed by atoms with Gasteiger partial charge in [-0.05, 0) is 41.5 Å². The van der Waals surface area contributed by atoms with E-state index in [2.05, 4.69) is 70.7 Å². The third kappa shape index (κ3) is 1.82. The van der Waals surface area contributed by atoms with Crippen molar-refractivity contribution in [1.82, 2.24) is 0 Å². The number of hydrogen-bond donors (Lipinski definition) is 0. The second kappa shape index (κ2) is 5.21. The molecule has 0 nitrogen and oxygen atoms in total. The Morgan fingerprint density at radius 2 is 1.95 bits per heavy atom. The molecule has 0 aliphatic heterocycles. The van der Waals surface area contributed by atoms with E-state index < -0.39 is 0 Å². The van der Waals surface area contributed by atoms with Gasteiger partial charge in [0.2, 0.25) is 0 Å². The maximum Gasteiger partial charge on any atom is 0.0235 e. The van der Waals surface area contributed by atoms with Crippen molar-refractivity contribution in [3.05, 3.63) is 65.8 Å². The van der Waals surface area contributed by atoms with Crippen molar-refractivity contribution in [3.8, 4) is 0 Å². The van der Waals surface area contributed by atoms with Crippen molar-refractivity contribution in [2.45, 2.75) is 39.5 Å². The van der Waals surface area contributed by atoms with Gasteiger partial charge < -0.3 is 0 Å². The number of rotatable bonds is 4. The highest BCUT2D eigenvalue weighted by molar-refractivity contribution is 5.87. The lowest BCUT2D eigenvalue weighted by Crippen LogP contribution is -2.31. The molecule has 1 aliphatic carbocycles. The fraction of sp³-hybridized carbons (Fsp3) is 0.368. The minimum absolute atomic E-state index is 0.132. The van der Waals surface area contributed by atoms with E-state index in [9.17, 15) is 0 Å². The van der Waals surface area contributed by atoms with Gasteiger partial charge in [-0.3, -0.25) is 0 Å². The summed E-state index contributed by atoms with van der Waals surface area (Å²) >= 11 is 0. The lowest BCUT2D eigenvalue weighted by molar-refractivity contribution is 0.363. The highest BCUT2D eigenvalue weighted by Crippen LogP contribution is 2.53. The topological polar surface area (TPSA) is 0 Å². The van der Waals surface area contributed by atoms with Gasteiger partial charge in [0, 0.05) is 5.41 Å². The van der Waals surface area contributed by atoms with Crippen molar-refractivity contribution in [1.29, 1.82) is 0 Å². The third-order valence-electron chi connectivity index (χ3n) is 4.55. The Labute approximate surface area is 117 Å². The Morgan fingerprint density at radius 1 is 1.26 bits per heavy atom. The van der Waals surface area contributed by atoms with Gasteiger partial charge in [0.15, 0.2) is 0 Å². The van der Waals surface area contributed by atoms with Gasteiger partial charge in [0.05, 0.1) is 0 Å². The van der Waals surface area contributed by atoms with Crippen molar-refractivity contribution in [3.63, 3.8) is 0 Å². The van der Waals surface area contributed by atoms with Crippen LogP contribution < -0.4 is 0 Å². The smallest absolute Gasteiger partial charge is 0.0235 e. The highest BCUT2D eigenvalue weighted by atomic mass is 14.5. The molecule has 1 aliphatic rings. The average molecular weight is 252 g/mol. The van der Waals surface area contributed by atoms with Crippen LogP contribution in [0.3, 0.4) is 0 Å². The van der Waals surface area contributed by atoms with Gasteiger partial charge in [-0.1, -0.05) is 69.8 Å². The van der Waals surface area contributed by atoms with Crippen molar-refractivity contribution < 1.29 is 0 Å². The molecule has 1 atom stereocenters. The van der Waals surface area contributed by atoms with Crippen LogP contribution in [0.5, 0.6) is 0 Å². The molecule has 0 saturated carbocycles. The number of hydrogen-bond acceptors (Lipinski definition) is 0. The lowest BCUT2D eigenvalue weighted by Gasteiger charge is -2.36. The van der Waals surface area contributed by atoms with Crippen LogP contribution >= 0.6 is 0 Å². The maximum absolute atomic E-state index is 4.04. The van der Waals surface area contributed by atoms with E-state index in [1.165, 1.54) is 22.3 Å². The molecule has 100 valence electrons. The van der Waals surface area contributed by atoms with Crippen LogP contribution in [0.25, 0.3) is 5.57 Å². The highest BCUT2D eigenvalue weighted by Gasteiger charge is 2.43. The van der Waals surface area contributed by atoms with E-state index in [4.69, 9.17) is 0 Å². The maximum atomic E-state index is 4.04. The predicted octanol–water partition coefficient (Wildman–Crippen LogP) is 5.52. The molecule has 0 amide bonds. The Kier molecular flexibility index (Phi) is 3.80. The molecule has 19 heavy (non-hydrogen) atoms. The molecular weight excluding hydrogens is 228 g/mol. The molecule has 1 aromatic carbocycles. The number of allylic oxidation sites excluding steroid dienone is 5. The van der Waals surface area contributed by atoms with Crippen LogP contribution in [0.1, 0.15) is 45.2 Å². The fourth-order valence-corrected chi connectivity index (χ4v) is 3.67. The quantitative estimate of drug-likeness (QED) is 0.662. The van der Waals surface area contributed by atoms with Gasteiger partial charge in [0.25, 0.3) is 0 Å². The second-order valence-electron chi connectivity index (χ2n) is 5.56. The molecule has 0 fully saturated rings. The summed E-state index contributed by atoms with van der Waals surface area (Å²) in [4.78, 5) is 0. The van der Waals surface area contributed by atoms with E-state index in [0.29, 0.717) is 5.92 Å². The Hall–Kier alpha value is -1.56. The SMILES string of the molecule is C=CC1=C(/C=C\C)C(CC)(C(C)C)c2ccccc21. The molecular formula is C19H24. The van der Waals surface area contributed by atoms with E-state index >= 15 is 0 Å². The van der Waals surface area contributed by atoms with Crippen LogP contribution in [0, 0.1) is 5.92 Å². The van der Waals surface area contributed by atoms with Crippen molar-refractivity contribution in [2.75, 3.05) is 0 Å². The molecule has 1 unspecified atom stereocenters. The summed E-state index contributed by atoms with van der Waals surface area (Å²) in [6.07, 6.45) is 7.57. The van der Waals surface area contributed by atoms with Gasteiger partial charge in [-0.2, -0.15) is 0 Å². The molecule has 0 heteroatoms. The summed E-state index contributed by atoms with van der Waals surface area (Å²) in [7, 11) is 0. The number of benzene rings is 1. The second-order valence-corrected chi connectivity index (χ2v) is 5.56. The van der Waals surface area contributed by atoms with Crippen molar-refractivity contribution >= 4 is 5.57 Å². The van der Waals surface area contributed by atoms with Gasteiger partial charge >= 0.3 is 0 Å². The van der Waals surface area contributed by atoms with Crippen LogP contribution in [0.15, 0.2) is 54.6 Å². The Balaban J connectivity index is 2.83. The first-order valence-corrected chi connectivity index (χ1v) is 7.23. The summed E-state index contributed by atoms with van der Waals surface area (Å²) < 4.78 is 0. The first-order chi connectivity index (χ1) is 9.13. The largest absolute Gasteiger partial charge is 0.0984 e. The zero-order valence-electron chi connectivity index (χ0n) is 12.5. The van der Waals surface area contributed by atoms with Crippen LogP contribution in [0.4, 0.5) is 0 Å². The van der Waals surface area contributed by atoms with Crippen LogP contribution in [-0.2, 0) is 5.41 Å². The molecule has 0 spiro atoms. The van der Waals surface area contributed by atoms with E-state index in [1.807, 2.05) is 6.08 Å². The standard InChI is InChI=1S/C19H24/c1-6-11-17-15(7-2)16-12-9-10-13-18(16)19(17,8-3)14(4)5/h6-7,9-14H,2,8H2,1,3-5H3/b11-6-. The Bertz CT molecular complexity index is 543. The minimum atomic E-state index is 0.132. The molecule has 1 aromatic rings. The molecule has 0 N–H and O–H groups in total. The molecule has 2 rings (SSSR count). The lowest BCUT2D eigenvalue weighted by atomic mass is 9.67. The van der Waals surface area contributed by atoms with Gasteiger partial charge in [-0.15, -0.1) is 0 Å². The fourth-order valence-electron chi connectivity index (χ4n) is 3.67. The first-order valence-electron chi connectivity index (χ1n) is 7.23. The molecule has 0 aromatic heterocycles. The zero-order valence-corrected chi connectivity index (χ0v) is 12.5. The van der Waals surface area contributed by atoms with Crippen LogP contribution in [0.2, 0.25) is 0 Å². The summed E-state index contributed by atoms with van der Waals surface area (Å²) in [5.41, 5.74) is 5.71. The van der Waals surface area contributed by atoms with E-state index in [1.54, 1.807) is 0 Å². The van der Waals surface area contributed by atoms with E-state index in [-0.39, 0.29) is 5.41 Å². The summed E-state index contributed by atoms with van der Waals surface area (Å²) in [5.74, 6) is 0.572. The van der Waals surface area contributed by atoms with Crippen molar-refractivity contribution in [2.24, 2.45) is 5.92 Å². The van der Waals surface area contributed by atoms with Crippen LogP contribution in [-0.4, -0.2) is 0 Å². The summed E-state index contributed by atoms with van der Waals surface area (Å²) in [5, 5.41) is 0. The van der Waals surface area contributed by atoms with E-state index in [0.717, 1.165) is 6.42 Å². The minimum Gasteiger partial charge on any atom is -0.0984 e. The zero-order chi connectivity index (χ0) is 14.0. The molecule has 0 bridgehead atoms. The molecule has 0 heterocycles. The molecule has 0 saturated heterocycles. The number of fused-ring (bicyclic) bond motifs is 1.